The maximum Gasteiger partial charge on any atom is 0.248 e. The van der Waals surface area contributed by atoms with Gasteiger partial charge in [-0.25, -0.2) is 18.3 Å². The molecule has 0 aromatic carbocycles. The summed E-state index contributed by atoms with van der Waals surface area (Å²) in [4.78, 5) is 5.09. The fraction of sp³-hybridized carbons (Fsp3) is 0.594. The van der Waals surface area contributed by atoms with Crippen molar-refractivity contribution in [2.75, 3.05) is 19.8 Å². The van der Waals surface area contributed by atoms with E-state index >= 15 is 0 Å². The average molecular weight is 580 g/mol. The average Bonchev–Trinajstić information content (AvgIpc) is 3.64. The van der Waals surface area contributed by atoms with Gasteiger partial charge in [-0.05, 0) is 81.4 Å². The number of hydrogen-bond acceptors (Lipinski definition) is 6. The molecule has 42 heavy (non-hydrogen) atoms. The number of piperidine rings is 1. The predicted molar refractivity (Wildman–Crippen MR) is 159 cm³/mol. The monoisotopic (exact) mass is 579 g/mol. The van der Waals surface area contributed by atoms with Crippen LogP contribution >= 0.6 is 0 Å². The summed E-state index contributed by atoms with van der Waals surface area (Å²) in [6.45, 7) is 13.8. The zero-order valence-electron chi connectivity index (χ0n) is 24.6. The highest BCUT2D eigenvalue weighted by Gasteiger charge is 2.39. The molecule has 2 aliphatic heterocycles. The van der Waals surface area contributed by atoms with Crippen LogP contribution in [0.25, 0.3) is 11.3 Å². The van der Waals surface area contributed by atoms with Gasteiger partial charge in [-0.1, -0.05) is 13.2 Å². The topological polar surface area (TPSA) is 81.3 Å². The Morgan fingerprint density at radius 3 is 2.74 bits per heavy atom. The van der Waals surface area contributed by atoms with Crippen molar-refractivity contribution in [3.05, 3.63) is 66.0 Å². The van der Waals surface area contributed by atoms with Gasteiger partial charge in [-0.15, -0.1) is 0 Å². The Kier molecular flexibility index (Phi) is 8.34. The third-order valence-corrected chi connectivity index (χ3v) is 9.46. The SMILES string of the molecule is C=C(NC(c1cn2nc(CC3CCCNC3=C)c(C3CCOCC3)cc2n1)C1CCC(F)(F)CC1)c1ccnn1CC. The summed E-state index contributed by atoms with van der Waals surface area (Å²) < 4.78 is 37.8. The van der Waals surface area contributed by atoms with E-state index in [9.17, 15) is 8.78 Å². The Bertz CT molecular complexity index is 1410. The van der Waals surface area contributed by atoms with Crippen LogP contribution in [0, 0.1) is 11.8 Å². The normalized spacial score (nSPS) is 22.6. The molecule has 2 atom stereocenters. The van der Waals surface area contributed by atoms with E-state index < -0.39 is 5.92 Å². The molecule has 1 saturated carbocycles. The molecular weight excluding hydrogens is 536 g/mol. The molecule has 0 spiro atoms. The minimum atomic E-state index is -2.61. The number of allylic oxidation sites excluding steroid dienone is 1. The molecule has 1 aliphatic carbocycles. The summed E-state index contributed by atoms with van der Waals surface area (Å²) in [6.07, 6.45) is 9.34. The lowest BCUT2D eigenvalue weighted by molar-refractivity contribution is -0.0493. The number of hydrogen-bond donors (Lipinski definition) is 2. The first-order valence-electron chi connectivity index (χ1n) is 15.6. The second-order valence-corrected chi connectivity index (χ2v) is 12.2. The van der Waals surface area contributed by atoms with E-state index in [1.54, 1.807) is 6.20 Å². The molecule has 2 unspecified atom stereocenters. The van der Waals surface area contributed by atoms with E-state index in [2.05, 4.69) is 35.0 Å². The molecule has 3 aromatic heterocycles. The van der Waals surface area contributed by atoms with Crippen LogP contribution in [-0.2, 0) is 17.7 Å². The van der Waals surface area contributed by atoms with E-state index in [-0.39, 0.29) is 24.8 Å². The van der Waals surface area contributed by atoms with Crippen LogP contribution in [0.5, 0.6) is 0 Å². The van der Waals surface area contributed by atoms with Gasteiger partial charge in [-0.3, -0.25) is 4.68 Å². The predicted octanol–water partition coefficient (Wildman–Crippen LogP) is 6.02. The molecular formula is C32H43F2N7O. The van der Waals surface area contributed by atoms with E-state index in [0.717, 1.165) is 80.3 Å². The Morgan fingerprint density at radius 1 is 1.21 bits per heavy atom. The van der Waals surface area contributed by atoms with Gasteiger partial charge in [0.25, 0.3) is 0 Å². The van der Waals surface area contributed by atoms with Crippen molar-refractivity contribution in [3.8, 4) is 0 Å². The Balaban J connectivity index is 1.36. The van der Waals surface area contributed by atoms with Gasteiger partial charge in [0.1, 0.15) is 0 Å². The second kappa shape index (κ2) is 12.1. The molecule has 3 fully saturated rings. The van der Waals surface area contributed by atoms with Crippen LogP contribution in [0.3, 0.4) is 0 Å². The van der Waals surface area contributed by atoms with Crippen molar-refractivity contribution in [2.24, 2.45) is 11.8 Å². The molecule has 6 rings (SSSR count). The van der Waals surface area contributed by atoms with Gasteiger partial charge >= 0.3 is 0 Å². The van der Waals surface area contributed by atoms with Gasteiger partial charge in [0.15, 0.2) is 5.65 Å². The number of imidazole rings is 1. The fourth-order valence-electron chi connectivity index (χ4n) is 6.97. The zero-order chi connectivity index (χ0) is 29.3. The quantitative estimate of drug-likeness (QED) is 0.323. The van der Waals surface area contributed by atoms with Crippen molar-refractivity contribution < 1.29 is 13.5 Å². The van der Waals surface area contributed by atoms with Crippen LogP contribution in [0.1, 0.15) is 92.9 Å². The molecule has 3 aromatic rings. The zero-order valence-corrected chi connectivity index (χ0v) is 24.6. The van der Waals surface area contributed by atoms with Gasteiger partial charge in [-0.2, -0.15) is 10.2 Å². The number of nitrogens with zero attached hydrogens (tertiary/aromatic N) is 5. The number of ether oxygens (including phenoxy) is 1. The van der Waals surface area contributed by atoms with Crippen molar-refractivity contribution in [3.63, 3.8) is 0 Å². The van der Waals surface area contributed by atoms with Gasteiger partial charge in [0.05, 0.1) is 35.0 Å². The first kappa shape index (κ1) is 28.8. The van der Waals surface area contributed by atoms with Crippen molar-refractivity contribution in [1.29, 1.82) is 0 Å². The van der Waals surface area contributed by atoms with Crippen LogP contribution in [0.2, 0.25) is 0 Å². The largest absolute Gasteiger partial charge is 0.389 e. The van der Waals surface area contributed by atoms with Crippen LogP contribution < -0.4 is 10.6 Å². The number of aryl methyl sites for hydroxylation is 1. The van der Waals surface area contributed by atoms with E-state index in [4.69, 9.17) is 14.8 Å². The molecule has 0 radical (unpaired) electrons. The summed E-state index contributed by atoms with van der Waals surface area (Å²) in [6, 6.07) is 3.86. The summed E-state index contributed by atoms with van der Waals surface area (Å²) >= 11 is 0. The fourth-order valence-corrected chi connectivity index (χ4v) is 6.97. The Morgan fingerprint density at radius 2 is 2.00 bits per heavy atom. The maximum atomic E-state index is 14.2. The van der Waals surface area contributed by atoms with Crippen molar-refractivity contribution >= 4 is 11.3 Å². The number of halogens is 2. The smallest absolute Gasteiger partial charge is 0.248 e. The number of nitrogens with one attached hydrogen (secondary N) is 2. The van der Waals surface area contributed by atoms with Crippen molar-refractivity contribution in [1.82, 2.24) is 35.0 Å². The molecule has 2 saturated heterocycles. The van der Waals surface area contributed by atoms with Gasteiger partial charge in [0, 0.05) is 57.0 Å². The summed E-state index contributed by atoms with van der Waals surface area (Å²) in [7, 11) is 0. The lowest BCUT2D eigenvalue weighted by Crippen LogP contribution is -2.34. The standard InChI is InChI=1S/C32H43F2N7O/c1-4-40-29(9-15-36-40)22(3)37-31(24-7-12-32(33,34)13-8-24)28-20-41-30(38-28)19-26(23-10-16-42-17-11-23)27(39-41)18-25-6-5-14-35-21(25)2/h9,15,19-20,23-25,31,35,37H,2-8,10-14,16-18H2,1H3. The summed E-state index contributed by atoms with van der Waals surface area (Å²) in [5, 5.41) is 16.6. The minimum absolute atomic E-state index is 0.00430. The third kappa shape index (κ3) is 6.09. The second-order valence-electron chi connectivity index (χ2n) is 12.2. The highest BCUT2D eigenvalue weighted by Crippen LogP contribution is 2.42. The molecule has 0 amide bonds. The van der Waals surface area contributed by atoms with Crippen LogP contribution in [-0.4, -0.2) is 50.1 Å². The molecule has 8 nitrogen and oxygen atoms in total. The summed E-state index contributed by atoms with van der Waals surface area (Å²) in [5.41, 5.74) is 6.62. The third-order valence-electron chi connectivity index (χ3n) is 9.46. The first-order valence-corrected chi connectivity index (χ1v) is 15.6. The lowest BCUT2D eigenvalue weighted by Gasteiger charge is -2.34. The van der Waals surface area contributed by atoms with E-state index in [1.165, 1.54) is 5.56 Å². The number of alkyl halides is 2. The summed E-state index contributed by atoms with van der Waals surface area (Å²) in [5.74, 6) is -1.89. The van der Waals surface area contributed by atoms with Gasteiger partial charge < -0.3 is 15.4 Å². The molecule has 10 heteroatoms. The Hall–Kier alpha value is -3.27. The van der Waals surface area contributed by atoms with E-state index in [0.29, 0.717) is 36.9 Å². The molecule has 5 heterocycles. The highest BCUT2D eigenvalue weighted by atomic mass is 19.3. The minimum Gasteiger partial charge on any atom is -0.389 e. The van der Waals surface area contributed by atoms with E-state index in [1.807, 2.05) is 28.4 Å². The maximum absolute atomic E-state index is 14.2. The van der Waals surface area contributed by atoms with Crippen LogP contribution in [0.4, 0.5) is 8.78 Å². The number of fused-ring (bicyclic) bond motifs is 1. The van der Waals surface area contributed by atoms with Gasteiger partial charge in [0.2, 0.25) is 5.92 Å². The first-order chi connectivity index (χ1) is 20.3. The van der Waals surface area contributed by atoms with Crippen LogP contribution in [0.15, 0.2) is 43.4 Å². The highest BCUT2D eigenvalue weighted by molar-refractivity contribution is 5.59. The molecule has 2 N–H and O–H groups in total. The Labute approximate surface area is 246 Å². The lowest BCUT2D eigenvalue weighted by atomic mass is 9.81. The molecule has 3 aliphatic rings. The number of rotatable bonds is 9. The molecule has 0 bridgehead atoms. The van der Waals surface area contributed by atoms with Crippen molar-refractivity contribution in [2.45, 2.75) is 89.1 Å². The molecule has 226 valence electrons. The number of aromatic nitrogens is 5.